The van der Waals surface area contributed by atoms with Crippen molar-refractivity contribution in [3.8, 4) is 5.75 Å². The monoisotopic (exact) mass is 324 g/mol. The minimum atomic E-state index is -0.835. The van der Waals surface area contributed by atoms with Crippen molar-refractivity contribution < 1.29 is 19.1 Å². The van der Waals surface area contributed by atoms with Crippen LogP contribution in [0, 0.1) is 6.92 Å². The molecule has 24 heavy (non-hydrogen) atoms. The van der Waals surface area contributed by atoms with Gasteiger partial charge in [0.1, 0.15) is 5.75 Å². The number of ether oxygens (including phenoxy) is 2. The van der Waals surface area contributed by atoms with Gasteiger partial charge in [-0.25, -0.2) is 4.79 Å². The molecule has 0 unspecified atom stereocenters. The molecule has 3 rings (SSSR count). The summed E-state index contributed by atoms with van der Waals surface area (Å²) in [6.45, 7) is 4.10. The zero-order chi connectivity index (χ0) is 17.2. The normalized spacial score (nSPS) is 14.8. The van der Waals surface area contributed by atoms with Crippen LogP contribution < -0.4 is 4.74 Å². The molecule has 1 saturated carbocycles. The lowest BCUT2D eigenvalue weighted by atomic mass is 10.0. The molecule has 0 saturated heterocycles. The highest BCUT2D eigenvalue weighted by Crippen LogP contribution is 2.41. The first-order valence-electron chi connectivity index (χ1n) is 8.12. The third kappa shape index (κ3) is 3.32. The lowest BCUT2D eigenvalue weighted by molar-refractivity contribution is -0.153. The molecule has 124 valence electrons. The topological polar surface area (TPSA) is 52.6 Å². The Bertz CT molecular complexity index is 740. The molecule has 0 radical (unpaired) electrons. The van der Waals surface area contributed by atoms with Crippen LogP contribution in [-0.2, 0) is 9.53 Å². The second kappa shape index (κ2) is 6.48. The minimum Gasteiger partial charge on any atom is -0.476 e. The van der Waals surface area contributed by atoms with Crippen LogP contribution in [0.15, 0.2) is 48.5 Å². The Balaban J connectivity index is 1.71. The van der Waals surface area contributed by atoms with Crippen LogP contribution in [0.2, 0.25) is 0 Å². The summed E-state index contributed by atoms with van der Waals surface area (Å²) in [5.74, 6) is 0.221. The molecule has 0 amide bonds. The summed E-state index contributed by atoms with van der Waals surface area (Å²) in [6.07, 6.45) is 1.33. The van der Waals surface area contributed by atoms with Crippen molar-refractivity contribution in [3.05, 3.63) is 65.2 Å². The fraction of sp³-hybridized carbons (Fsp3) is 0.300. The molecule has 0 heterocycles. The van der Waals surface area contributed by atoms with E-state index in [4.69, 9.17) is 9.47 Å². The van der Waals surface area contributed by atoms with E-state index in [-0.39, 0.29) is 11.8 Å². The average molecular weight is 324 g/mol. The van der Waals surface area contributed by atoms with Crippen molar-refractivity contribution in [2.45, 2.75) is 32.3 Å². The van der Waals surface area contributed by atoms with Crippen LogP contribution in [0.1, 0.15) is 41.3 Å². The number of rotatable bonds is 6. The maximum Gasteiger partial charge on any atom is 0.350 e. The molecule has 1 fully saturated rings. The molecule has 0 N–H and O–H groups in total. The molecule has 1 aliphatic rings. The predicted molar refractivity (Wildman–Crippen MR) is 90.3 cm³/mol. The number of carbonyl (C=O) groups is 2. The standard InChI is InChI=1S/C20H20O4/c1-3-23-19(22)20(12-13-20)24-17-10-8-16(9-11-17)18(21)15-6-4-14(2)5-7-15/h4-11H,3,12-13H2,1-2H3. The number of hydrogen-bond donors (Lipinski definition) is 0. The van der Waals surface area contributed by atoms with E-state index in [2.05, 4.69) is 0 Å². The molecule has 4 heteroatoms. The fourth-order valence-corrected chi connectivity index (χ4v) is 2.50. The van der Waals surface area contributed by atoms with Crippen LogP contribution >= 0.6 is 0 Å². The number of carbonyl (C=O) groups excluding carboxylic acids is 2. The molecular formula is C20H20O4. The van der Waals surface area contributed by atoms with Gasteiger partial charge in [-0.15, -0.1) is 0 Å². The van der Waals surface area contributed by atoms with Crippen LogP contribution in [0.5, 0.6) is 5.75 Å². The third-order valence-corrected chi connectivity index (χ3v) is 4.10. The molecular weight excluding hydrogens is 304 g/mol. The zero-order valence-electron chi connectivity index (χ0n) is 13.9. The molecule has 1 aliphatic carbocycles. The van der Waals surface area contributed by atoms with Gasteiger partial charge in [-0.2, -0.15) is 0 Å². The molecule has 0 atom stereocenters. The maximum atomic E-state index is 12.4. The smallest absolute Gasteiger partial charge is 0.350 e. The van der Waals surface area contributed by atoms with Crippen molar-refractivity contribution in [1.29, 1.82) is 0 Å². The summed E-state index contributed by atoms with van der Waals surface area (Å²) >= 11 is 0. The SMILES string of the molecule is CCOC(=O)C1(Oc2ccc(C(=O)c3ccc(C)cc3)cc2)CC1. The minimum absolute atomic E-state index is 0.0342. The Morgan fingerprint density at radius 2 is 1.50 bits per heavy atom. The van der Waals surface area contributed by atoms with E-state index >= 15 is 0 Å². The van der Waals surface area contributed by atoms with Gasteiger partial charge in [-0.3, -0.25) is 4.79 Å². The van der Waals surface area contributed by atoms with Crippen molar-refractivity contribution in [1.82, 2.24) is 0 Å². The summed E-state index contributed by atoms with van der Waals surface area (Å²) in [5.41, 5.74) is 1.52. The zero-order valence-corrected chi connectivity index (χ0v) is 13.9. The number of esters is 1. The van der Waals surface area contributed by atoms with Gasteiger partial charge in [0, 0.05) is 24.0 Å². The highest BCUT2D eigenvalue weighted by molar-refractivity contribution is 6.09. The summed E-state index contributed by atoms with van der Waals surface area (Å²) < 4.78 is 10.9. The van der Waals surface area contributed by atoms with Crippen molar-refractivity contribution in [2.75, 3.05) is 6.61 Å². The highest BCUT2D eigenvalue weighted by Gasteiger charge is 2.54. The van der Waals surface area contributed by atoms with E-state index in [9.17, 15) is 9.59 Å². The highest BCUT2D eigenvalue weighted by atomic mass is 16.6. The van der Waals surface area contributed by atoms with E-state index < -0.39 is 5.60 Å². The quantitative estimate of drug-likeness (QED) is 0.600. The third-order valence-electron chi connectivity index (χ3n) is 4.10. The second-order valence-electron chi connectivity index (χ2n) is 6.04. The van der Waals surface area contributed by atoms with Crippen LogP contribution in [0.25, 0.3) is 0 Å². The Kier molecular flexibility index (Phi) is 4.38. The Hall–Kier alpha value is -2.62. The Labute approximate surface area is 141 Å². The average Bonchev–Trinajstić information content (AvgIpc) is 3.37. The molecule has 0 aromatic heterocycles. The Morgan fingerprint density at radius 1 is 0.958 bits per heavy atom. The Morgan fingerprint density at radius 3 is 2.00 bits per heavy atom. The first-order chi connectivity index (χ1) is 11.5. The number of aryl methyl sites for hydroxylation is 1. The van der Waals surface area contributed by atoms with E-state index in [0.717, 1.165) is 5.56 Å². The van der Waals surface area contributed by atoms with E-state index in [1.54, 1.807) is 31.2 Å². The van der Waals surface area contributed by atoms with E-state index in [1.165, 1.54) is 0 Å². The van der Waals surface area contributed by atoms with Crippen molar-refractivity contribution >= 4 is 11.8 Å². The number of hydrogen-bond acceptors (Lipinski definition) is 4. The molecule has 0 spiro atoms. The van der Waals surface area contributed by atoms with Gasteiger partial charge in [-0.05, 0) is 38.1 Å². The summed E-state index contributed by atoms with van der Waals surface area (Å²) in [6, 6.07) is 14.4. The van der Waals surface area contributed by atoms with Crippen molar-refractivity contribution in [2.24, 2.45) is 0 Å². The van der Waals surface area contributed by atoms with Gasteiger partial charge in [0.05, 0.1) is 6.61 Å². The molecule has 0 bridgehead atoms. The largest absolute Gasteiger partial charge is 0.476 e. The van der Waals surface area contributed by atoms with Crippen molar-refractivity contribution in [3.63, 3.8) is 0 Å². The lowest BCUT2D eigenvalue weighted by Gasteiger charge is -2.16. The molecule has 4 nitrogen and oxygen atoms in total. The van der Waals surface area contributed by atoms with E-state index in [1.807, 2.05) is 31.2 Å². The predicted octanol–water partition coefficient (Wildman–Crippen LogP) is 3.70. The second-order valence-corrected chi connectivity index (χ2v) is 6.04. The van der Waals surface area contributed by atoms with Crippen LogP contribution in [0.4, 0.5) is 0 Å². The summed E-state index contributed by atoms with van der Waals surface area (Å²) in [5, 5.41) is 0. The lowest BCUT2D eigenvalue weighted by Crippen LogP contribution is -2.31. The number of ketones is 1. The molecule has 2 aromatic rings. The maximum absolute atomic E-state index is 12.4. The van der Waals surface area contributed by atoms with Gasteiger partial charge in [-0.1, -0.05) is 29.8 Å². The van der Waals surface area contributed by atoms with E-state index in [0.29, 0.717) is 36.3 Å². The number of benzene rings is 2. The summed E-state index contributed by atoms with van der Waals surface area (Å²) in [7, 11) is 0. The molecule has 0 aliphatic heterocycles. The van der Waals surface area contributed by atoms with Crippen LogP contribution in [-0.4, -0.2) is 24.0 Å². The van der Waals surface area contributed by atoms with Gasteiger partial charge < -0.3 is 9.47 Å². The van der Waals surface area contributed by atoms with Gasteiger partial charge in [0.25, 0.3) is 0 Å². The van der Waals surface area contributed by atoms with Gasteiger partial charge >= 0.3 is 5.97 Å². The van der Waals surface area contributed by atoms with Gasteiger partial charge in [0.2, 0.25) is 5.60 Å². The van der Waals surface area contributed by atoms with Crippen LogP contribution in [0.3, 0.4) is 0 Å². The summed E-state index contributed by atoms with van der Waals surface area (Å²) in [4.78, 5) is 24.4. The first-order valence-corrected chi connectivity index (χ1v) is 8.12. The molecule has 2 aromatic carbocycles. The van der Waals surface area contributed by atoms with Gasteiger partial charge in [0.15, 0.2) is 5.78 Å². The first kappa shape index (κ1) is 16.2. The fourth-order valence-electron chi connectivity index (χ4n) is 2.50.